The van der Waals surface area contributed by atoms with Gasteiger partial charge in [0.15, 0.2) is 0 Å². The third kappa shape index (κ3) is 3.76. The van der Waals surface area contributed by atoms with E-state index in [4.69, 9.17) is 4.74 Å². The highest BCUT2D eigenvalue weighted by molar-refractivity contribution is 7.89. The molecule has 2 atom stereocenters. The highest BCUT2D eigenvalue weighted by Crippen LogP contribution is 2.30. The number of nitrogens with zero attached hydrogens (tertiary/aromatic N) is 1. The lowest BCUT2D eigenvalue weighted by molar-refractivity contribution is -0.0557. The van der Waals surface area contributed by atoms with E-state index in [-0.39, 0.29) is 30.2 Å². The topological polar surface area (TPSA) is 46.6 Å². The number of sulfonamides is 1. The summed E-state index contributed by atoms with van der Waals surface area (Å²) in [6.45, 7) is 5.99. The molecule has 0 bridgehead atoms. The van der Waals surface area contributed by atoms with Crippen molar-refractivity contribution in [3.63, 3.8) is 0 Å². The van der Waals surface area contributed by atoms with Gasteiger partial charge in [-0.15, -0.1) is 0 Å². The SMILES string of the molecule is Cc1ccc(C2CN(S(=O)(=O)c3ccc(F)cc3C)CC(C)O2)cc1. The monoisotopic (exact) mass is 363 g/mol. The van der Waals surface area contributed by atoms with Gasteiger partial charge in [0.05, 0.1) is 17.1 Å². The van der Waals surface area contributed by atoms with Crippen LogP contribution in [0.2, 0.25) is 0 Å². The summed E-state index contributed by atoms with van der Waals surface area (Å²) in [5, 5.41) is 0. The first kappa shape index (κ1) is 18.0. The van der Waals surface area contributed by atoms with E-state index >= 15 is 0 Å². The predicted octanol–water partition coefficient (Wildman–Crippen LogP) is 3.59. The molecule has 6 heteroatoms. The first-order chi connectivity index (χ1) is 11.8. The Labute approximate surface area is 148 Å². The molecule has 1 saturated heterocycles. The normalized spacial score (nSPS) is 22.1. The fourth-order valence-electron chi connectivity index (χ4n) is 3.12. The molecule has 2 aromatic carbocycles. The van der Waals surface area contributed by atoms with Gasteiger partial charge in [-0.05, 0) is 50.1 Å². The molecule has 2 unspecified atom stereocenters. The minimum Gasteiger partial charge on any atom is -0.368 e. The molecule has 0 saturated carbocycles. The van der Waals surface area contributed by atoms with Gasteiger partial charge in [0.25, 0.3) is 0 Å². The van der Waals surface area contributed by atoms with E-state index in [2.05, 4.69) is 0 Å². The van der Waals surface area contributed by atoms with Crippen LogP contribution in [0.15, 0.2) is 47.4 Å². The lowest BCUT2D eigenvalue weighted by Crippen LogP contribution is -2.46. The van der Waals surface area contributed by atoms with Gasteiger partial charge in [-0.25, -0.2) is 12.8 Å². The van der Waals surface area contributed by atoms with Gasteiger partial charge in [0.2, 0.25) is 10.0 Å². The van der Waals surface area contributed by atoms with Gasteiger partial charge < -0.3 is 4.74 Å². The largest absolute Gasteiger partial charge is 0.368 e. The smallest absolute Gasteiger partial charge is 0.243 e. The van der Waals surface area contributed by atoms with Crippen molar-refractivity contribution in [1.82, 2.24) is 4.31 Å². The molecule has 3 rings (SSSR count). The second kappa shape index (κ2) is 6.86. The van der Waals surface area contributed by atoms with Crippen molar-refractivity contribution in [1.29, 1.82) is 0 Å². The molecule has 1 aliphatic heterocycles. The molecule has 0 aromatic heterocycles. The Balaban J connectivity index is 1.91. The average molecular weight is 363 g/mol. The highest BCUT2D eigenvalue weighted by atomic mass is 32.2. The molecular formula is C19H22FNO3S. The summed E-state index contributed by atoms with van der Waals surface area (Å²) in [7, 11) is -3.70. The summed E-state index contributed by atoms with van der Waals surface area (Å²) in [4.78, 5) is 0.144. The quantitative estimate of drug-likeness (QED) is 0.837. The molecule has 0 N–H and O–H groups in total. The van der Waals surface area contributed by atoms with Crippen LogP contribution in [-0.4, -0.2) is 31.9 Å². The Morgan fingerprint density at radius 1 is 1.08 bits per heavy atom. The van der Waals surface area contributed by atoms with Gasteiger partial charge in [-0.2, -0.15) is 4.31 Å². The van der Waals surface area contributed by atoms with Crippen LogP contribution >= 0.6 is 0 Å². The van der Waals surface area contributed by atoms with Gasteiger partial charge in [-0.1, -0.05) is 29.8 Å². The number of rotatable bonds is 3. The molecule has 0 amide bonds. The average Bonchev–Trinajstić information content (AvgIpc) is 2.54. The summed E-state index contributed by atoms with van der Waals surface area (Å²) in [5.41, 5.74) is 2.50. The van der Waals surface area contributed by atoms with Crippen LogP contribution in [0.5, 0.6) is 0 Å². The van der Waals surface area contributed by atoms with Gasteiger partial charge in [-0.3, -0.25) is 0 Å². The van der Waals surface area contributed by atoms with Crippen LogP contribution < -0.4 is 0 Å². The Kier molecular flexibility index (Phi) is 4.95. The standard InChI is InChI=1S/C19H22FNO3S/c1-13-4-6-16(7-5-13)18-12-21(11-15(3)24-18)25(22,23)19-9-8-17(20)10-14(19)2/h4-10,15,18H,11-12H2,1-3H3. The van der Waals surface area contributed by atoms with E-state index in [9.17, 15) is 12.8 Å². The summed E-state index contributed by atoms with van der Waals surface area (Å²) < 4.78 is 46.8. The molecule has 134 valence electrons. The van der Waals surface area contributed by atoms with Crippen molar-refractivity contribution in [3.8, 4) is 0 Å². The second-order valence-electron chi connectivity index (χ2n) is 6.58. The number of halogens is 1. The first-order valence-corrected chi connectivity index (χ1v) is 9.69. The number of aryl methyl sites for hydroxylation is 2. The van der Waals surface area contributed by atoms with E-state index in [1.165, 1.54) is 22.5 Å². The van der Waals surface area contributed by atoms with Crippen LogP contribution in [0.3, 0.4) is 0 Å². The summed E-state index contributed by atoms with van der Waals surface area (Å²) in [6, 6.07) is 11.7. The lowest BCUT2D eigenvalue weighted by Gasteiger charge is -2.36. The van der Waals surface area contributed by atoms with Gasteiger partial charge in [0, 0.05) is 13.1 Å². The van der Waals surface area contributed by atoms with E-state index < -0.39 is 15.8 Å². The van der Waals surface area contributed by atoms with Crippen LogP contribution in [0, 0.1) is 19.7 Å². The number of hydrogen-bond acceptors (Lipinski definition) is 3. The number of benzene rings is 2. The molecule has 0 aliphatic carbocycles. The number of ether oxygens (including phenoxy) is 1. The third-order valence-electron chi connectivity index (χ3n) is 4.43. The molecule has 2 aromatic rings. The Morgan fingerprint density at radius 3 is 2.40 bits per heavy atom. The third-order valence-corrected chi connectivity index (χ3v) is 6.42. The maximum absolute atomic E-state index is 13.3. The van der Waals surface area contributed by atoms with Crippen molar-refractivity contribution < 1.29 is 17.5 Å². The zero-order valence-electron chi connectivity index (χ0n) is 14.6. The molecule has 25 heavy (non-hydrogen) atoms. The summed E-state index contributed by atoms with van der Waals surface area (Å²) in [5.74, 6) is -0.440. The number of hydrogen-bond donors (Lipinski definition) is 0. The van der Waals surface area contributed by atoms with Crippen molar-refractivity contribution in [2.75, 3.05) is 13.1 Å². The van der Waals surface area contributed by atoms with E-state index in [1.54, 1.807) is 6.92 Å². The lowest BCUT2D eigenvalue weighted by atomic mass is 10.1. The molecular weight excluding hydrogens is 341 g/mol. The Morgan fingerprint density at radius 2 is 1.76 bits per heavy atom. The van der Waals surface area contributed by atoms with Crippen LogP contribution in [0.25, 0.3) is 0 Å². The van der Waals surface area contributed by atoms with Crippen molar-refractivity contribution in [2.45, 2.75) is 37.9 Å². The minimum absolute atomic E-state index is 0.144. The summed E-state index contributed by atoms with van der Waals surface area (Å²) in [6.07, 6.45) is -0.546. The summed E-state index contributed by atoms with van der Waals surface area (Å²) >= 11 is 0. The van der Waals surface area contributed by atoms with E-state index in [0.717, 1.165) is 11.1 Å². The minimum atomic E-state index is -3.70. The fraction of sp³-hybridized carbons (Fsp3) is 0.368. The molecule has 1 aliphatic rings. The van der Waals surface area contributed by atoms with Gasteiger partial charge >= 0.3 is 0 Å². The van der Waals surface area contributed by atoms with Crippen LogP contribution in [-0.2, 0) is 14.8 Å². The maximum Gasteiger partial charge on any atom is 0.243 e. The zero-order chi connectivity index (χ0) is 18.2. The van der Waals surface area contributed by atoms with E-state index in [0.29, 0.717) is 5.56 Å². The van der Waals surface area contributed by atoms with Crippen LogP contribution in [0.4, 0.5) is 4.39 Å². The fourth-order valence-corrected chi connectivity index (χ4v) is 4.84. The molecule has 4 nitrogen and oxygen atoms in total. The highest BCUT2D eigenvalue weighted by Gasteiger charge is 2.35. The van der Waals surface area contributed by atoms with E-state index in [1.807, 2.05) is 38.1 Å². The predicted molar refractivity (Wildman–Crippen MR) is 94.4 cm³/mol. The molecule has 0 spiro atoms. The number of morpholine rings is 1. The van der Waals surface area contributed by atoms with Gasteiger partial charge in [0.1, 0.15) is 5.82 Å². The molecule has 1 fully saturated rings. The Hall–Kier alpha value is -1.76. The maximum atomic E-state index is 13.3. The second-order valence-corrected chi connectivity index (χ2v) is 8.48. The van der Waals surface area contributed by atoms with Crippen molar-refractivity contribution in [2.24, 2.45) is 0 Å². The molecule has 1 heterocycles. The zero-order valence-corrected chi connectivity index (χ0v) is 15.4. The van der Waals surface area contributed by atoms with Crippen LogP contribution in [0.1, 0.15) is 29.7 Å². The Bertz CT molecular complexity index is 865. The first-order valence-electron chi connectivity index (χ1n) is 8.25. The van der Waals surface area contributed by atoms with Crippen molar-refractivity contribution in [3.05, 3.63) is 65.0 Å². The van der Waals surface area contributed by atoms with Crippen molar-refractivity contribution >= 4 is 10.0 Å². The molecule has 0 radical (unpaired) electrons.